The van der Waals surface area contributed by atoms with E-state index < -0.39 is 0 Å². The SMILES string of the molecule is COC.O=Cc1cccc(CN2CCSCC2)c1. The quantitative estimate of drug-likeness (QED) is 0.786. The third-order valence-electron chi connectivity index (χ3n) is 2.60. The number of aldehydes is 1. The van der Waals surface area contributed by atoms with Gasteiger partial charge in [0.15, 0.2) is 0 Å². The number of methoxy groups -OCH3 is 1. The molecule has 1 aliphatic heterocycles. The van der Waals surface area contributed by atoms with Gasteiger partial charge in [-0.3, -0.25) is 9.69 Å². The topological polar surface area (TPSA) is 29.5 Å². The molecule has 4 heteroatoms. The average Bonchev–Trinajstić information content (AvgIpc) is 2.41. The molecule has 0 spiro atoms. The molecule has 0 aromatic heterocycles. The fraction of sp³-hybridized carbons (Fsp3) is 0.500. The lowest BCUT2D eigenvalue weighted by molar-refractivity contribution is 0.112. The molecule has 0 N–H and O–H groups in total. The molecule has 0 unspecified atom stereocenters. The minimum Gasteiger partial charge on any atom is -0.388 e. The lowest BCUT2D eigenvalue weighted by Crippen LogP contribution is -2.31. The highest BCUT2D eigenvalue weighted by molar-refractivity contribution is 7.99. The molecule has 0 saturated carbocycles. The third kappa shape index (κ3) is 5.67. The minimum atomic E-state index is 0.777. The molecule has 0 radical (unpaired) electrons. The van der Waals surface area contributed by atoms with Crippen molar-refractivity contribution in [2.75, 3.05) is 38.8 Å². The van der Waals surface area contributed by atoms with Crippen LogP contribution in [0.25, 0.3) is 0 Å². The number of hydrogen-bond donors (Lipinski definition) is 0. The van der Waals surface area contributed by atoms with Crippen molar-refractivity contribution in [3.05, 3.63) is 35.4 Å². The zero-order valence-electron chi connectivity index (χ0n) is 11.1. The van der Waals surface area contributed by atoms with Crippen LogP contribution >= 0.6 is 11.8 Å². The van der Waals surface area contributed by atoms with Gasteiger partial charge in [0.25, 0.3) is 0 Å². The summed E-state index contributed by atoms with van der Waals surface area (Å²) in [4.78, 5) is 13.1. The van der Waals surface area contributed by atoms with Crippen molar-refractivity contribution in [2.45, 2.75) is 6.54 Å². The summed E-state index contributed by atoms with van der Waals surface area (Å²) >= 11 is 2.02. The molecule has 100 valence electrons. The number of rotatable bonds is 3. The second-order valence-electron chi connectivity index (χ2n) is 4.16. The van der Waals surface area contributed by atoms with Gasteiger partial charge >= 0.3 is 0 Å². The van der Waals surface area contributed by atoms with Gasteiger partial charge in [-0.1, -0.05) is 18.2 Å². The van der Waals surface area contributed by atoms with E-state index in [1.54, 1.807) is 14.2 Å². The molecular weight excluding hydrogens is 246 g/mol. The molecule has 0 amide bonds. The zero-order valence-corrected chi connectivity index (χ0v) is 11.9. The first-order valence-electron chi connectivity index (χ1n) is 6.04. The molecule has 1 aromatic carbocycles. The number of benzene rings is 1. The van der Waals surface area contributed by atoms with Crippen molar-refractivity contribution in [3.8, 4) is 0 Å². The van der Waals surface area contributed by atoms with Crippen LogP contribution in [-0.4, -0.2) is 50.0 Å². The first kappa shape index (κ1) is 15.2. The van der Waals surface area contributed by atoms with E-state index in [1.165, 1.54) is 17.1 Å². The van der Waals surface area contributed by atoms with Crippen molar-refractivity contribution in [2.24, 2.45) is 0 Å². The van der Waals surface area contributed by atoms with Crippen molar-refractivity contribution in [1.82, 2.24) is 4.90 Å². The normalized spacial score (nSPS) is 15.7. The van der Waals surface area contributed by atoms with Gasteiger partial charge in [-0.2, -0.15) is 11.8 Å². The lowest BCUT2D eigenvalue weighted by atomic mass is 10.1. The molecule has 0 aliphatic carbocycles. The lowest BCUT2D eigenvalue weighted by Gasteiger charge is -2.26. The Morgan fingerprint density at radius 3 is 2.61 bits per heavy atom. The van der Waals surface area contributed by atoms with Crippen molar-refractivity contribution in [3.63, 3.8) is 0 Å². The molecule has 1 fully saturated rings. The largest absolute Gasteiger partial charge is 0.388 e. The maximum Gasteiger partial charge on any atom is 0.150 e. The summed E-state index contributed by atoms with van der Waals surface area (Å²) in [5.74, 6) is 2.46. The molecule has 0 atom stereocenters. The smallest absolute Gasteiger partial charge is 0.150 e. The van der Waals surface area contributed by atoms with E-state index in [-0.39, 0.29) is 0 Å². The number of carbonyl (C=O) groups is 1. The van der Waals surface area contributed by atoms with Crippen LogP contribution in [0.5, 0.6) is 0 Å². The zero-order chi connectivity index (χ0) is 13.2. The Morgan fingerprint density at radius 1 is 1.33 bits per heavy atom. The Hall–Kier alpha value is -0.840. The van der Waals surface area contributed by atoms with E-state index in [2.05, 4.69) is 15.7 Å². The van der Waals surface area contributed by atoms with Crippen LogP contribution in [0.4, 0.5) is 0 Å². The number of thioether (sulfide) groups is 1. The fourth-order valence-corrected chi connectivity index (χ4v) is 2.76. The van der Waals surface area contributed by atoms with E-state index in [0.29, 0.717) is 0 Å². The van der Waals surface area contributed by atoms with Gasteiger partial charge in [-0.25, -0.2) is 0 Å². The van der Waals surface area contributed by atoms with Crippen LogP contribution in [0.2, 0.25) is 0 Å². The fourth-order valence-electron chi connectivity index (χ4n) is 1.78. The van der Waals surface area contributed by atoms with E-state index in [4.69, 9.17) is 0 Å². The van der Waals surface area contributed by atoms with Crippen LogP contribution in [0.3, 0.4) is 0 Å². The van der Waals surface area contributed by atoms with Crippen molar-refractivity contribution in [1.29, 1.82) is 0 Å². The molecule has 3 nitrogen and oxygen atoms in total. The van der Waals surface area contributed by atoms with Crippen molar-refractivity contribution < 1.29 is 9.53 Å². The molecule has 1 heterocycles. The molecule has 18 heavy (non-hydrogen) atoms. The Bertz CT molecular complexity index is 351. The number of nitrogens with zero attached hydrogens (tertiary/aromatic N) is 1. The summed E-state index contributed by atoms with van der Waals surface area (Å²) in [6, 6.07) is 7.88. The van der Waals surface area contributed by atoms with Gasteiger partial charge in [0.05, 0.1) is 0 Å². The number of ether oxygens (including phenoxy) is 1. The number of hydrogen-bond acceptors (Lipinski definition) is 4. The maximum absolute atomic E-state index is 10.6. The standard InChI is InChI=1S/C12H15NOS.C2H6O/c14-10-12-3-1-2-11(8-12)9-13-4-6-15-7-5-13;1-3-2/h1-3,8,10H,4-7,9H2;1-2H3. The Balaban J connectivity index is 0.000000492. The Kier molecular flexibility index (Phi) is 7.73. The summed E-state index contributed by atoms with van der Waals surface area (Å²) in [5.41, 5.74) is 2.02. The van der Waals surface area contributed by atoms with Gasteiger partial charge in [-0.15, -0.1) is 0 Å². The Labute approximate surface area is 114 Å². The minimum absolute atomic E-state index is 0.777. The van der Waals surface area contributed by atoms with E-state index >= 15 is 0 Å². The summed E-state index contributed by atoms with van der Waals surface area (Å²) < 4.78 is 4.25. The predicted molar refractivity (Wildman–Crippen MR) is 77.4 cm³/mol. The van der Waals surface area contributed by atoms with Crippen LogP contribution in [-0.2, 0) is 11.3 Å². The molecular formula is C14H21NO2S. The van der Waals surface area contributed by atoms with Crippen LogP contribution in [0, 0.1) is 0 Å². The molecule has 0 bridgehead atoms. The van der Waals surface area contributed by atoms with Crippen LogP contribution in [0.1, 0.15) is 15.9 Å². The predicted octanol–water partition coefficient (Wildman–Crippen LogP) is 2.31. The highest BCUT2D eigenvalue weighted by atomic mass is 32.2. The summed E-state index contributed by atoms with van der Waals surface area (Å²) in [6.07, 6.45) is 0.912. The average molecular weight is 267 g/mol. The van der Waals surface area contributed by atoms with Gasteiger partial charge in [0.2, 0.25) is 0 Å². The summed E-state index contributed by atoms with van der Waals surface area (Å²) in [5, 5.41) is 0. The number of carbonyl (C=O) groups excluding carboxylic acids is 1. The van der Waals surface area contributed by atoms with E-state index in [0.717, 1.165) is 31.5 Å². The molecule has 1 aromatic rings. The van der Waals surface area contributed by atoms with Crippen LogP contribution in [0.15, 0.2) is 24.3 Å². The van der Waals surface area contributed by atoms with Gasteiger partial charge in [0.1, 0.15) is 6.29 Å². The molecule has 1 aliphatic rings. The molecule has 1 saturated heterocycles. The summed E-state index contributed by atoms with van der Waals surface area (Å²) in [6.45, 7) is 3.30. The summed E-state index contributed by atoms with van der Waals surface area (Å²) in [7, 11) is 3.25. The molecule has 2 rings (SSSR count). The van der Waals surface area contributed by atoms with Gasteiger partial charge in [-0.05, 0) is 11.6 Å². The monoisotopic (exact) mass is 267 g/mol. The maximum atomic E-state index is 10.6. The van der Waals surface area contributed by atoms with E-state index in [9.17, 15) is 4.79 Å². The van der Waals surface area contributed by atoms with Crippen molar-refractivity contribution >= 4 is 18.0 Å². The third-order valence-corrected chi connectivity index (χ3v) is 3.54. The highest BCUT2D eigenvalue weighted by Gasteiger charge is 2.10. The second-order valence-corrected chi connectivity index (χ2v) is 5.38. The van der Waals surface area contributed by atoms with Gasteiger partial charge < -0.3 is 4.74 Å². The first-order chi connectivity index (χ1) is 8.80. The first-order valence-corrected chi connectivity index (χ1v) is 7.20. The Morgan fingerprint density at radius 2 is 2.00 bits per heavy atom. The van der Waals surface area contributed by atoms with Gasteiger partial charge in [0, 0.05) is 50.9 Å². The highest BCUT2D eigenvalue weighted by Crippen LogP contribution is 2.13. The second kappa shape index (κ2) is 9.14. The van der Waals surface area contributed by atoms with E-state index in [1.807, 2.05) is 30.0 Å². The van der Waals surface area contributed by atoms with Crippen LogP contribution < -0.4 is 0 Å².